The Morgan fingerprint density at radius 2 is 1.73 bits per heavy atom. The lowest BCUT2D eigenvalue weighted by Gasteiger charge is -2.26. The van der Waals surface area contributed by atoms with Crippen LogP contribution in [0, 0.1) is 0 Å². The normalized spacial score (nSPS) is 20.9. The molecule has 2 aromatic rings. The van der Waals surface area contributed by atoms with Crippen molar-refractivity contribution in [3.05, 3.63) is 65.2 Å². The molecule has 2 aromatic carbocycles. The first-order chi connectivity index (χ1) is 15.9. The van der Waals surface area contributed by atoms with E-state index in [2.05, 4.69) is 45.1 Å². The third-order valence-electron chi connectivity index (χ3n) is 6.10. The number of hydrogen-bond donors (Lipinski definition) is 3. The van der Waals surface area contributed by atoms with Crippen LogP contribution in [0.5, 0.6) is 0 Å². The summed E-state index contributed by atoms with van der Waals surface area (Å²) in [6, 6.07) is 15.2. The number of carbonyl (C=O) groups is 3. The Hall–Kier alpha value is -2.84. The Labute approximate surface area is 198 Å². The quantitative estimate of drug-likeness (QED) is 0.410. The minimum Gasteiger partial charge on any atom is -0.348 e. The number of benzene rings is 2. The highest BCUT2D eigenvalue weighted by Crippen LogP contribution is 2.27. The van der Waals surface area contributed by atoms with Gasteiger partial charge in [-0.3, -0.25) is 19.8 Å². The van der Waals surface area contributed by atoms with E-state index in [1.54, 1.807) is 13.0 Å². The maximum absolute atomic E-state index is 12.9. The van der Waals surface area contributed by atoms with Gasteiger partial charge in [-0.1, -0.05) is 42.8 Å². The van der Waals surface area contributed by atoms with E-state index in [1.807, 2.05) is 18.2 Å². The third kappa shape index (κ3) is 5.94. The average Bonchev–Trinajstić information content (AvgIpc) is 3.09. The number of amides is 4. The lowest BCUT2D eigenvalue weighted by atomic mass is 10.1. The Balaban J connectivity index is 1.32. The van der Waals surface area contributed by atoms with Crippen LogP contribution in [0.25, 0.3) is 0 Å². The van der Waals surface area contributed by atoms with E-state index in [0.717, 1.165) is 17.0 Å². The zero-order valence-corrected chi connectivity index (χ0v) is 19.7. The van der Waals surface area contributed by atoms with Gasteiger partial charge < -0.3 is 10.6 Å². The fourth-order valence-electron chi connectivity index (χ4n) is 4.10. The van der Waals surface area contributed by atoms with Crippen molar-refractivity contribution in [3.63, 3.8) is 0 Å². The van der Waals surface area contributed by atoms with Crippen LogP contribution in [0.3, 0.4) is 0 Å². The molecule has 0 saturated carbocycles. The van der Waals surface area contributed by atoms with Crippen LogP contribution in [0.1, 0.15) is 47.7 Å². The van der Waals surface area contributed by atoms with Gasteiger partial charge in [-0.05, 0) is 56.1 Å². The first-order valence-electron chi connectivity index (χ1n) is 11.4. The van der Waals surface area contributed by atoms with Crippen molar-refractivity contribution in [2.45, 2.75) is 49.7 Å². The fraction of sp³-hybridized carbons (Fsp3) is 0.400. The molecule has 2 saturated heterocycles. The second-order valence-electron chi connectivity index (χ2n) is 8.86. The molecule has 33 heavy (non-hydrogen) atoms. The van der Waals surface area contributed by atoms with Gasteiger partial charge in [0.25, 0.3) is 11.8 Å². The highest BCUT2D eigenvalue weighted by molar-refractivity contribution is 7.99. The van der Waals surface area contributed by atoms with Gasteiger partial charge in [0.15, 0.2) is 0 Å². The topological polar surface area (TPSA) is 90.5 Å². The van der Waals surface area contributed by atoms with Gasteiger partial charge in [0.1, 0.15) is 5.54 Å². The van der Waals surface area contributed by atoms with Crippen molar-refractivity contribution in [1.29, 1.82) is 0 Å². The van der Waals surface area contributed by atoms with Crippen LogP contribution in [-0.4, -0.2) is 47.1 Å². The summed E-state index contributed by atoms with van der Waals surface area (Å²) in [5, 5.41) is 7.91. The van der Waals surface area contributed by atoms with E-state index >= 15 is 0 Å². The summed E-state index contributed by atoms with van der Waals surface area (Å²) in [6.07, 6.45) is 3.90. The molecule has 0 bridgehead atoms. The first kappa shape index (κ1) is 23.3. The lowest BCUT2D eigenvalue weighted by molar-refractivity contribution is -0.122. The number of imide groups is 1. The average molecular weight is 467 g/mol. The fourth-order valence-corrected chi connectivity index (χ4v) is 5.24. The van der Waals surface area contributed by atoms with E-state index in [-0.39, 0.29) is 11.8 Å². The van der Waals surface area contributed by atoms with Crippen molar-refractivity contribution < 1.29 is 14.4 Å². The SMILES string of the molecule is C[C@]1(CSc2ccccc2C(=O)NCc2ccc(CN3CCCCC3)cc2)NC(=O)NC1=O. The number of nitrogens with zero attached hydrogens (tertiary/aromatic N) is 1. The zero-order chi connectivity index (χ0) is 23.3. The number of urea groups is 1. The summed E-state index contributed by atoms with van der Waals surface area (Å²) < 4.78 is 0. The summed E-state index contributed by atoms with van der Waals surface area (Å²) in [6.45, 7) is 5.45. The zero-order valence-electron chi connectivity index (χ0n) is 18.9. The molecule has 2 heterocycles. The summed E-state index contributed by atoms with van der Waals surface area (Å²) >= 11 is 1.38. The molecule has 1 atom stereocenters. The van der Waals surface area contributed by atoms with Crippen LogP contribution in [-0.2, 0) is 17.9 Å². The predicted octanol–water partition coefficient (Wildman–Crippen LogP) is 3.29. The molecule has 0 radical (unpaired) electrons. The number of rotatable bonds is 8. The molecule has 174 valence electrons. The van der Waals surface area contributed by atoms with Crippen LogP contribution in [0.4, 0.5) is 4.79 Å². The second kappa shape index (κ2) is 10.4. The molecule has 2 aliphatic rings. The van der Waals surface area contributed by atoms with Crippen molar-refractivity contribution in [1.82, 2.24) is 20.9 Å². The van der Waals surface area contributed by atoms with E-state index in [9.17, 15) is 14.4 Å². The molecule has 0 aromatic heterocycles. The largest absolute Gasteiger partial charge is 0.348 e. The van der Waals surface area contributed by atoms with E-state index < -0.39 is 11.6 Å². The standard InChI is InChI=1S/C25H30N4O3S/c1-25(23(31)27-24(32)28-25)17-33-21-8-4-3-7-20(21)22(30)26-15-18-9-11-19(12-10-18)16-29-13-5-2-6-14-29/h3-4,7-12H,2,5-6,13-17H2,1H3,(H,26,30)(H2,27,28,31,32)/t25-/m1/s1. The van der Waals surface area contributed by atoms with Crippen molar-refractivity contribution in [3.8, 4) is 0 Å². The first-order valence-corrected chi connectivity index (χ1v) is 12.4. The molecule has 3 N–H and O–H groups in total. The Morgan fingerprint density at radius 3 is 2.42 bits per heavy atom. The minimum atomic E-state index is -0.999. The molecule has 0 aliphatic carbocycles. The van der Waals surface area contributed by atoms with Gasteiger partial charge in [-0.15, -0.1) is 11.8 Å². The lowest BCUT2D eigenvalue weighted by Crippen LogP contribution is -2.46. The second-order valence-corrected chi connectivity index (χ2v) is 9.88. The van der Waals surface area contributed by atoms with E-state index in [1.165, 1.54) is 49.7 Å². The van der Waals surface area contributed by atoms with Gasteiger partial charge >= 0.3 is 6.03 Å². The summed E-state index contributed by atoms with van der Waals surface area (Å²) in [5.74, 6) is -0.195. The third-order valence-corrected chi connectivity index (χ3v) is 7.49. The van der Waals surface area contributed by atoms with Crippen LogP contribution >= 0.6 is 11.8 Å². The van der Waals surface area contributed by atoms with Gasteiger partial charge in [0.05, 0.1) is 5.56 Å². The van der Waals surface area contributed by atoms with E-state index in [4.69, 9.17) is 0 Å². The number of likely N-dealkylation sites (tertiary alicyclic amines) is 1. The highest BCUT2D eigenvalue weighted by atomic mass is 32.2. The molecule has 0 spiro atoms. The van der Waals surface area contributed by atoms with E-state index in [0.29, 0.717) is 17.9 Å². The van der Waals surface area contributed by atoms with Gasteiger partial charge in [0, 0.05) is 23.7 Å². The number of hydrogen-bond acceptors (Lipinski definition) is 5. The van der Waals surface area contributed by atoms with Crippen LogP contribution in [0.2, 0.25) is 0 Å². The Bertz CT molecular complexity index is 1020. The number of piperidine rings is 1. The van der Waals surface area contributed by atoms with Gasteiger partial charge in [-0.25, -0.2) is 4.79 Å². The summed E-state index contributed by atoms with van der Waals surface area (Å²) in [4.78, 5) is 39.7. The predicted molar refractivity (Wildman–Crippen MR) is 129 cm³/mol. The van der Waals surface area contributed by atoms with Gasteiger partial charge in [0.2, 0.25) is 0 Å². The summed E-state index contributed by atoms with van der Waals surface area (Å²) in [5.41, 5.74) is 1.90. The molecule has 7 nitrogen and oxygen atoms in total. The van der Waals surface area contributed by atoms with Crippen molar-refractivity contribution in [2.75, 3.05) is 18.8 Å². The smallest absolute Gasteiger partial charge is 0.322 e. The van der Waals surface area contributed by atoms with Crippen LogP contribution in [0.15, 0.2) is 53.4 Å². The Morgan fingerprint density at radius 1 is 1.03 bits per heavy atom. The number of carbonyl (C=O) groups excluding carboxylic acids is 3. The monoisotopic (exact) mass is 466 g/mol. The molecule has 2 aliphatic heterocycles. The maximum Gasteiger partial charge on any atom is 0.322 e. The molecule has 0 unspecified atom stereocenters. The maximum atomic E-state index is 12.9. The molecule has 4 rings (SSSR count). The van der Waals surface area contributed by atoms with Crippen molar-refractivity contribution >= 4 is 29.6 Å². The molecular formula is C25H30N4O3S. The molecule has 8 heteroatoms. The highest BCUT2D eigenvalue weighted by Gasteiger charge is 2.41. The van der Waals surface area contributed by atoms with Crippen molar-refractivity contribution in [2.24, 2.45) is 0 Å². The number of thioether (sulfide) groups is 1. The molecular weight excluding hydrogens is 436 g/mol. The number of nitrogens with one attached hydrogen (secondary N) is 3. The van der Waals surface area contributed by atoms with Crippen LogP contribution < -0.4 is 16.0 Å². The molecule has 2 fully saturated rings. The molecule has 4 amide bonds. The van der Waals surface area contributed by atoms with Gasteiger partial charge in [-0.2, -0.15) is 0 Å². The minimum absolute atomic E-state index is 0.166. The Kier molecular flexibility index (Phi) is 7.35. The summed E-state index contributed by atoms with van der Waals surface area (Å²) in [7, 11) is 0.